The van der Waals surface area contributed by atoms with E-state index in [1.165, 1.54) is 0 Å². The molecular weight excluding hydrogens is 350 g/mol. The summed E-state index contributed by atoms with van der Waals surface area (Å²) in [4.78, 5) is 28.0. The summed E-state index contributed by atoms with van der Waals surface area (Å²) in [6, 6.07) is 15.4. The highest BCUT2D eigenvalue weighted by Crippen LogP contribution is 2.34. The zero-order chi connectivity index (χ0) is 19.2. The predicted octanol–water partition coefficient (Wildman–Crippen LogP) is 3.99. The monoisotopic (exact) mass is 371 g/mol. The summed E-state index contributed by atoms with van der Waals surface area (Å²) in [6.45, 7) is 0.711. The Morgan fingerprint density at radius 1 is 1.00 bits per heavy atom. The van der Waals surface area contributed by atoms with Crippen LogP contribution in [0.15, 0.2) is 73.2 Å². The number of nitrogens with one attached hydrogen (secondary N) is 1. The topological polar surface area (TPSA) is 71.0 Å². The Labute approximate surface area is 164 Å². The zero-order valence-corrected chi connectivity index (χ0v) is 15.4. The summed E-state index contributed by atoms with van der Waals surface area (Å²) in [6.07, 6.45) is 10.3. The third kappa shape index (κ3) is 4.06. The van der Waals surface area contributed by atoms with Crippen molar-refractivity contribution in [1.29, 1.82) is 0 Å². The van der Waals surface area contributed by atoms with Gasteiger partial charge in [0.2, 0.25) is 5.91 Å². The first-order valence-electron chi connectivity index (χ1n) is 9.34. The van der Waals surface area contributed by atoms with Crippen LogP contribution in [-0.4, -0.2) is 32.3 Å². The third-order valence-electron chi connectivity index (χ3n) is 4.71. The van der Waals surface area contributed by atoms with E-state index in [-0.39, 0.29) is 11.9 Å². The normalized spacial score (nSPS) is 16.4. The lowest BCUT2D eigenvalue weighted by Gasteiger charge is -2.24. The lowest BCUT2D eigenvalue weighted by molar-refractivity contribution is -0.126. The summed E-state index contributed by atoms with van der Waals surface area (Å²) in [5, 5.41) is 3.23. The van der Waals surface area contributed by atoms with E-state index < -0.39 is 0 Å². The zero-order valence-electron chi connectivity index (χ0n) is 15.4. The van der Waals surface area contributed by atoms with Crippen LogP contribution in [0.2, 0.25) is 0 Å². The molecular formula is C22H21N5O. The molecule has 1 N–H and O–H groups in total. The van der Waals surface area contributed by atoms with Crippen LogP contribution in [0.1, 0.15) is 30.1 Å². The Kier molecular flexibility index (Phi) is 5.38. The molecule has 0 bridgehead atoms. The quantitative estimate of drug-likeness (QED) is 0.687. The Morgan fingerprint density at radius 3 is 2.64 bits per heavy atom. The molecule has 1 amide bonds. The molecule has 0 aliphatic carbocycles. The number of pyridine rings is 1. The molecule has 0 unspecified atom stereocenters. The van der Waals surface area contributed by atoms with Gasteiger partial charge in [-0.15, -0.1) is 0 Å². The minimum absolute atomic E-state index is 0.0132. The number of carbonyl (C=O) groups is 1. The molecule has 1 saturated heterocycles. The first kappa shape index (κ1) is 17.9. The molecule has 140 valence electrons. The molecule has 2 aromatic heterocycles. The second kappa shape index (κ2) is 8.43. The molecule has 4 rings (SSSR count). The maximum absolute atomic E-state index is 12.8. The summed E-state index contributed by atoms with van der Waals surface area (Å²) in [5.74, 6) is 1.32. The van der Waals surface area contributed by atoms with Gasteiger partial charge in [-0.25, -0.2) is 9.97 Å². The van der Waals surface area contributed by atoms with Crippen molar-refractivity contribution >= 4 is 23.6 Å². The van der Waals surface area contributed by atoms with Gasteiger partial charge >= 0.3 is 0 Å². The smallest absolute Gasteiger partial charge is 0.247 e. The number of nitrogens with zero attached hydrogens (tertiary/aromatic N) is 4. The molecule has 0 radical (unpaired) electrons. The van der Waals surface area contributed by atoms with Gasteiger partial charge in [-0.2, -0.15) is 0 Å². The highest BCUT2D eigenvalue weighted by Gasteiger charge is 2.32. The first-order chi connectivity index (χ1) is 13.8. The SMILES string of the molecule is O=C(/C=C/c1ccccc1)N1CCC[C@H]1c1nccnc1Nc1ccccn1. The van der Waals surface area contributed by atoms with Crippen molar-refractivity contribution < 1.29 is 4.79 Å². The average molecular weight is 371 g/mol. The molecule has 1 atom stereocenters. The molecule has 1 fully saturated rings. The predicted molar refractivity (Wildman–Crippen MR) is 109 cm³/mol. The number of aromatic nitrogens is 3. The lowest BCUT2D eigenvalue weighted by atomic mass is 10.1. The van der Waals surface area contributed by atoms with Gasteiger partial charge in [-0.3, -0.25) is 9.78 Å². The summed E-state index contributed by atoms with van der Waals surface area (Å²) < 4.78 is 0. The van der Waals surface area contributed by atoms with Crippen molar-refractivity contribution in [3.63, 3.8) is 0 Å². The number of amides is 1. The molecule has 0 spiro atoms. The van der Waals surface area contributed by atoms with E-state index in [0.29, 0.717) is 18.2 Å². The van der Waals surface area contributed by atoms with E-state index in [9.17, 15) is 4.79 Å². The number of hydrogen-bond donors (Lipinski definition) is 1. The number of carbonyl (C=O) groups excluding carboxylic acids is 1. The van der Waals surface area contributed by atoms with Gasteiger partial charge < -0.3 is 10.2 Å². The number of hydrogen-bond acceptors (Lipinski definition) is 5. The van der Waals surface area contributed by atoms with Crippen LogP contribution >= 0.6 is 0 Å². The molecule has 6 heteroatoms. The van der Waals surface area contributed by atoms with Crippen molar-refractivity contribution in [3.05, 3.63) is 84.5 Å². The summed E-state index contributed by atoms with van der Waals surface area (Å²) in [5.41, 5.74) is 1.77. The molecule has 3 heterocycles. The molecule has 1 aromatic carbocycles. The fraction of sp³-hybridized carbons (Fsp3) is 0.182. The van der Waals surface area contributed by atoms with Gasteiger partial charge in [-0.05, 0) is 36.6 Å². The molecule has 6 nitrogen and oxygen atoms in total. The highest BCUT2D eigenvalue weighted by atomic mass is 16.2. The molecule has 28 heavy (non-hydrogen) atoms. The van der Waals surface area contributed by atoms with Crippen molar-refractivity contribution in [2.75, 3.05) is 11.9 Å². The number of rotatable bonds is 5. The largest absolute Gasteiger partial charge is 0.330 e. The van der Waals surface area contributed by atoms with E-state index >= 15 is 0 Å². The highest BCUT2D eigenvalue weighted by molar-refractivity contribution is 5.92. The first-order valence-corrected chi connectivity index (χ1v) is 9.34. The minimum atomic E-state index is -0.104. The Bertz CT molecular complexity index is 959. The molecule has 3 aromatic rings. The van der Waals surface area contributed by atoms with Gasteiger partial charge in [0.05, 0.1) is 6.04 Å². The molecule has 1 aliphatic heterocycles. The van der Waals surface area contributed by atoms with Crippen LogP contribution in [0, 0.1) is 0 Å². The van der Waals surface area contributed by atoms with Crippen molar-refractivity contribution in [3.8, 4) is 0 Å². The van der Waals surface area contributed by atoms with E-state index in [2.05, 4.69) is 20.3 Å². The second-order valence-corrected chi connectivity index (χ2v) is 6.56. The van der Waals surface area contributed by atoms with Crippen molar-refractivity contribution in [2.24, 2.45) is 0 Å². The number of anilines is 2. The number of benzene rings is 1. The van der Waals surface area contributed by atoms with E-state index in [0.717, 1.165) is 24.1 Å². The van der Waals surface area contributed by atoms with Gasteiger partial charge in [0.25, 0.3) is 0 Å². The van der Waals surface area contributed by atoms with Crippen LogP contribution < -0.4 is 5.32 Å². The van der Waals surface area contributed by atoms with Crippen molar-refractivity contribution in [1.82, 2.24) is 19.9 Å². The van der Waals surface area contributed by atoms with E-state index in [4.69, 9.17) is 0 Å². The van der Waals surface area contributed by atoms with Crippen molar-refractivity contribution in [2.45, 2.75) is 18.9 Å². The second-order valence-electron chi connectivity index (χ2n) is 6.56. The summed E-state index contributed by atoms with van der Waals surface area (Å²) >= 11 is 0. The van der Waals surface area contributed by atoms with Gasteiger partial charge in [0.15, 0.2) is 5.82 Å². The van der Waals surface area contributed by atoms with Gasteiger partial charge in [-0.1, -0.05) is 36.4 Å². The minimum Gasteiger partial charge on any atom is -0.330 e. The van der Waals surface area contributed by atoms with Crippen LogP contribution in [0.3, 0.4) is 0 Å². The lowest BCUT2D eigenvalue weighted by Crippen LogP contribution is -2.30. The Balaban J connectivity index is 1.55. The Morgan fingerprint density at radius 2 is 1.82 bits per heavy atom. The third-order valence-corrected chi connectivity index (χ3v) is 4.71. The standard InChI is InChI=1S/C22H21N5O/c28-20(12-11-17-7-2-1-3-8-17)27-16-6-9-18(27)21-22(25-15-14-24-21)26-19-10-4-5-13-23-19/h1-5,7-8,10-15,18H,6,9,16H2,(H,23,25,26)/b12-11+/t18-/m0/s1. The van der Waals surface area contributed by atoms with Gasteiger partial charge in [0, 0.05) is 31.2 Å². The maximum atomic E-state index is 12.8. The van der Waals surface area contributed by atoms with E-state index in [1.54, 1.807) is 24.7 Å². The van der Waals surface area contributed by atoms with Gasteiger partial charge in [0.1, 0.15) is 11.5 Å². The van der Waals surface area contributed by atoms with Crippen LogP contribution in [-0.2, 0) is 4.79 Å². The van der Waals surface area contributed by atoms with Crippen LogP contribution in [0.4, 0.5) is 11.6 Å². The average Bonchev–Trinajstić information content (AvgIpc) is 3.24. The van der Waals surface area contributed by atoms with Crippen LogP contribution in [0.25, 0.3) is 6.08 Å². The number of likely N-dealkylation sites (tertiary alicyclic amines) is 1. The fourth-order valence-electron chi connectivity index (χ4n) is 3.39. The Hall–Kier alpha value is -3.54. The molecule has 1 aliphatic rings. The molecule has 0 saturated carbocycles. The summed E-state index contributed by atoms with van der Waals surface area (Å²) in [7, 11) is 0. The van der Waals surface area contributed by atoms with E-state index in [1.807, 2.05) is 59.5 Å². The fourth-order valence-corrected chi connectivity index (χ4v) is 3.39. The maximum Gasteiger partial charge on any atom is 0.247 e. The van der Waals surface area contributed by atoms with Crippen LogP contribution in [0.5, 0.6) is 0 Å².